The summed E-state index contributed by atoms with van der Waals surface area (Å²) in [7, 11) is 2.29. The van der Waals surface area contributed by atoms with E-state index in [1.54, 1.807) is 6.07 Å². The summed E-state index contributed by atoms with van der Waals surface area (Å²) in [6.45, 7) is 0. The maximum Gasteiger partial charge on any atom is 0.354 e. The number of carbonyl (C=O) groups is 3. The Morgan fingerprint density at radius 2 is 1.80 bits per heavy atom. The summed E-state index contributed by atoms with van der Waals surface area (Å²) in [5, 5.41) is 11.6. The van der Waals surface area contributed by atoms with Gasteiger partial charge in [-0.15, -0.1) is 0 Å². The molecule has 20 heavy (non-hydrogen) atoms. The lowest BCUT2D eigenvalue weighted by molar-refractivity contribution is -0.138. The second-order valence-electron chi connectivity index (χ2n) is 3.55. The number of para-hydroxylation sites is 1. The van der Waals surface area contributed by atoms with Crippen molar-refractivity contribution in [2.24, 2.45) is 0 Å². The van der Waals surface area contributed by atoms with Crippen LogP contribution in [0.15, 0.2) is 36.0 Å². The first-order chi connectivity index (χ1) is 9.49. The van der Waals surface area contributed by atoms with E-state index in [4.69, 9.17) is 5.11 Å². The van der Waals surface area contributed by atoms with Gasteiger partial charge in [-0.05, 0) is 12.1 Å². The Bertz CT molecular complexity index is 564. The summed E-state index contributed by atoms with van der Waals surface area (Å²) in [5.74, 6) is -2.77. The molecule has 0 fully saturated rings. The normalized spacial score (nSPS) is 10.6. The zero-order chi connectivity index (χ0) is 15.1. The molecule has 1 rings (SSSR count). The molecular formula is C13H13NO6. The summed E-state index contributed by atoms with van der Waals surface area (Å²) >= 11 is 0. The molecule has 7 nitrogen and oxygen atoms in total. The van der Waals surface area contributed by atoms with Gasteiger partial charge in [0.25, 0.3) is 0 Å². The maximum absolute atomic E-state index is 11.5. The summed E-state index contributed by atoms with van der Waals surface area (Å²) in [4.78, 5) is 33.8. The molecule has 0 spiro atoms. The van der Waals surface area contributed by atoms with Crippen molar-refractivity contribution in [3.8, 4) is 0 Å². The van der Waals surface area contributed by atoms with E-state index in [1.165, 1.54) is 18.2 Å². The Morgan fingerprint density at radius 3 is 2.35 bits per heavy atom. The lowest BCUT2D eigenvalue weighted by Crippen LogP contribution is -2.17. The van der Waals surface area contributed by atoms with E-state index in [0.717, 1.165) is 20.3 Å². The molecule has 0 bridgehead atoms. The second-order valence-corrected chi connectivity index (χ2v) is 3.55. The summed E-state index contributed by atoms with van der Waals surface area (Å²) < 4.78 is 8.92. The predicted molar refractivity (Wildman–Crippen MR) is 69.1 cm³/mol. The third-order valence-electron chi connectivity index (χ3n) is 2.30. The average molecular weight is 279 g/mol. The van der Waals surface area contributed by atoms with Crippen molar-refractivity contribution in [3.05, 3.63) is 41.6 Å². The highest BCUT2D eigenvalue weighted by molar-refractivity contribution is 6.01. The number of methoxy groups -OCH3 is 2. The van der Waals surface area contributed by atoms with E-state index >= 15 is 0 Å². The van der Waals surface area contributed by atoms with Crippen molar-refractivity contribution in [2.75, 3.05) is 19.5 Å². The number of esters is 2. The molecule has 0 amide bonds. The van der Waals surface area contributed by atoms with Crippen LogP contribution in [0.4, 0.5) is 5.69 Å². The first-order valence-electron chi connectivity index (χ1n) is 5.47. The van der Waals surface area contributed by atoms with Gasteiger partial charge in [0.2, 0.25) is 0 Å². The van der Waals surface area contributed by atoms with Crippen LogP contribution in [0.1, 0.15) is 10.4 Å². The van der Waals surface area contributed by atoms with E-state index < -0.39 is 17.9 Å². The number of anilines is 1. The molecule has 0 radical (unpaired) electrons. The van der Waals surface area contributed by atoms with Crippen LogP contribution in [-0.4, -0.2) is 37.2 Å². The summed E-state index contributed by atoms with van der Waals surface area (Å²) in [6, 6.07) is 5.94. The van der Waals surface area contributed by atoms with E-state index in [-0.39, 0.29) is 16.9 Å². The van der Waals surface area contributed by atoms with Gasteiger partial charge in [0.1, 0.15) is 5.70 Å². The number of hydrogen-bond acceptors (Lipinski definition) is 6. The van der Waals surface area contributed by atoms with Crippen LogP contribution in [-0.2, 0) is 19.1 Å². The number of carboxylic acid groups (broad SMARTS) is 1. The lowest BCUT2D eigenvalue weighted by atomic mass is 10.1. The smallest absolute Gasteiger partial charge is 0.354 e. The predicted octanol–water partition coefficient (Wildman–Crippen LogP) is 1.03. The lowest BCUT2D eigenvalue weighted by Gasteiger charge is -2.11. The van der Waals surface area contributed by atoms with Gasteiger partial charge in [0.05, 0.1) is 31.5 Å². The number of carbonyl (C=O) groups excluding carboxylic acids is 2. The molecule has 0 saturated heterocycles. The van der Waals surface area contributed by atoms with Gasteiger partial charge in [-0.2, -0.15) is 0 Å². The fraction of sp³-hybridized carbons (Fsp3) is 0.154. The van der Waals surface area contributed by atoms with Crippen molar-refractivity contribution in [1.29, 1.82) is 0 Å². The molecule has 0 saturated carbocycles. The standard InChI is InChI=1S/C13H13NO6/c1-19-11(15)7-10(13(18)20-2)14-9-6-4-3-5-8(9)12(16)17/h3-7,14H,1-2H3,(H,16,17)/b10-7+. The van der Waals surface area contributed by atoms with Crippen molar-refractivity contribution in [2.45, 2.75) is 0 Å². The first kappa shape index (κ1) is 15.2. The number of hydrogen-bond donors (Lipinski definition) is 2. The van der Waals surface area contributed by atoms with Crippen molar-refractivity contribution in [3.63, 3.8) is 0 Å². The molecule has 1 aromatic carbocycles. The van der Waals surface area contributed by atoms with E-state index in [1.807, 2.05) is 0 Å². The van der Waals surface area contributed by atoms with Gasteiger partial charge in [-0.25, -0.2) is 14.4 Å². The Hall–Kier alpha value is -2.83. The third kappa shape index (κ3) is 3.84. The number of carboxylic acids is 1. The number of benzene rings is 1. The number of aromatic carboxylic acids is 1. The average Bonchev–Trinajstić information content (AvgIpc) is 2.45. The minimum Gasteiger partial charge on any atom is -0.478 e. The fourth-order valence-electron chi connectivity index (χ4n) is 1.36. The molecule has 0 aliphatic rings. The molecular weight excluding hydrogens is 266 g/mol. The highest BCUT2D eigenvalue weighted by atomic mass is 16.5. The van der Waals surface area contributed by atoms with Gasteiger partial charge in [-0.3, -0.25) is 0 Å². The SMILES string of the molecule is COC(=O)/C=C(/Nc1ccccc1C(=O)O)C(=O)OC. The van der Waals surface area contributed by atoms with Crippen molar-refractivity contribution in [1.82, 2.24) is 0 Å². The molecule has 7 heteroatoms. The number of rotatable bonds is 5. The maximum atomic E-state index is 11.5. The van der Waals surface area contributed by atoms with E-state index in [9.17, 15) is 14.4 Å². The number of nitrogens with one attached hydrogen (secondary N) is 1. The van der Waals surface area contributed by atoms with Crippen LogP contribution in [0, 0.1) is 0 Å². The molecule has 0 aliphatic carbocycles. The van der Waals surface area contributed by atoms with Crippen LogP contribution in [0.2, 0.25) is 0 Å². The molecule has 0 unspecified atom stereocenters. The molecule has 0 atom stereocenters. The van der Waals surface area contributed by atoms with Crippen LogP contribution < -0.4 is 5.32 Å². The Morgan fingerprint density at radius 1 is 1.15 bits per heavy atom. The quantitative estimate of drug-likeness (QED) is 0.613. The van der Waals surface area contributed by atoms with Gasteiger partial charge >= 0.3 is 17.9 Å². The molecule has 1 aromatic rings. The Kier molecular flexibility index (Phi) is 5.28. The largest absolute Gasteiger partial charge is 0.478 e. The highest BCUT2D eigenvalue weighted by Crippen LogP contribution is 2.17. The minimum atomic E-state index is -1.17. The van der Waals surface area contributed by atoms with Gasteiger partial charge in [0, 0.05) is 0 Å². The topological polar surface area (TPSA) is 102 Å². The molecule has 106 valence electrons. The van der Waals surface area contributed by atoms with Crippen LogP contribution in [0.5, 0.6) is 0 Å². The van der Waals surface area contributed by atoms with Crippen molar-refractivity contribution < 1.29 is 29.0 Å². The highest BCUT2D eigenvalue weighted by Gasteiger charge is 2.16. The molecule has 0 aliphatic heterocycles. The number of ether oxygens (including phenoxy) is 2. The summed E-state index contributed by atoms with van der Waals surface area (Å²) in [6.07, 6.45) is 0.879. The van der Waals surface area contributed by atoms with Crippen LogP contribution in [0.25, 0.3) is 0 Å². The van der Waals surface area contributed by atoms with Gasteiger partial charge in [0.15, 0.2) is 0 Å². The second kappa shape index (κ2) is 6.93. The van der Waals surface area contributed by atoms with Gasteiger partial charge in [-0.1, -0.05) is 12.1 Å². The zero-order valence-corrected chi connectivity index (χ0v) is 10.9. The summed E-state index contributed by atoms with van der Waals surface area (Å²) in [5.41, 5.74) is -0.124. The molecule has 2 N–H and O–H groups in total. The van der Waals surface area contributed by atoms with Crippen LogP contribution in [0.3, 0.4) is 0 Å². The Balaban J connectivity index is 3.14. The van der Waals surface area contributed by atoms with Crippen LogP contribution >= 0.6 is 0 Å². The van der Waals surface area contributed by atoms with E-state index in [2.05, 4.69) is 14.8 Å². The zero-order valence-electron chi connectivity index (χ0n) is 10.9. The van der Waals surface area contributed by atoms with Gasteiger partial charge < -0.3 is 19.9 Å². The molecule has 0 aromatic heterocycles. The fourth-order valence-corrected chi connectivity index (χ4v) is 1.36. The third-order valence-corrected chi connectivity index (χ3v) is 2.30. The monoisotopic (exact) mass is 279 g/mol. The van der Waals surface area contributed by atoms with E-state index in [0.29, 0.717) is 0 Å². The Labute approximate surface area is 114 Å². The van der Waals surface area contributed by atoms with Crippen molar-refractivity contribution >= 4 is 23.6 Å². The molecule has 0 heterocycles. The minimum absolute atomic E-state index is 0.0489. The first-order valence-corrected chi connectivity index (χ1v) is 5.47.